The normalized spacial score (nSPS) is 11.0. The molecular formula is C21H16FN3O2S. The van der Waals surface area contributed by atoms with Crippen LogP contribution in [0.1, 0.15) is 10.4 Å². The summed E-state index contributed by atoms with van der Waals surface area (Å²) in [5.74, 6) is -0.291. The topological polar surface area (TPSA) is 57.0 Å². The van der Waals surface area contributed by atoms with Crippen LogP contribution in [0, 0.1) is 5.82 Å². The highest BCUT2D eigenvalue weighted by Crippen LogP contribution is 2.31. The van der Waals surface area contributed by atoms with Crippen LogP contribution < -0.4 is 0 Å². The SMILES string of the molecule is COC(=O)c1ccc2c(SC)cn(-c3ncc(-c4ccccc4F)cn3)c2c1. The fraction of sp³-hybridized carbons (Fsp3) is 0.0952. The summed E-state index contributed by atoms with van der Waals surface area (Å²) < 4.78 is 20.6. The van der Waals surface area contributed by atoms with E-state index in [1.54, 1.807) is 54.5 Å². The maximum atomic E-state index is 14.0. The van der Waals surface area contributed by atoms with Crippen LogP contribution >= 0.6 is 11.8 Å². The second-order valence-electron chi connectivity index (χ2n) is 6.04. The standard InChI is InChI=1S/C21H16FN3O2S/c1-27-20(26)13-7-8-16-18(9-13)25(12-19(16)28-2)21-23-10-14(11-24-21)15-5-3-4-6-17(15)22/h3-12H,1-2H3. The number of carbonyl (C=O) groups excluding carboxylic acids is 1. The van der Waals surface area contributed by atoms with E-state index < -0.39 is 5.97 Å². The summed E-state index contributed by atoms with van der Waals surface area (Å²) in [4.78, 5) is 21.8. The largest absolute Gasteiger partial charge is 0.465 e. The van der Waals surface area contributed by atoms with E-state index in [1.165, 1.54) is 13.2 Å². The summed E-state index contributed by atoms with van der Waals surface area (Å²) >= 11 is 1.59. The molecule has 28 heavy (non-hydrogen) atoms. The molecule has 2 aromatic heterocycles. The highest BCUT2D eigenvalue weighted by molar-refractivity contribution is 7.98. The molecule has 0 spiro atoms. The minimum absolute atomic E-state index is 0.322. The Balaban J connectivity index is 1.82. The van der Waals surface area contributed by atoms with E-state index in [1.807, 2.05) is 23.1 Å². The van der Waals surface area contributed by atoms with Gasteiger partial charge in [-0.2, -0.15) is 0 Å². The predicted octanol–water partition coefficient (Wildman–Crippen LogP) is 4.74. The molecule has 0 aliphatic heterocycles. The van der Waals surface area contributed by atoms with Crippen molar-refractivity contribution in [3.05, 3.63) is 72.4 Å². The lowest BCUT2D eigenvalue weighted by Gasteiger charge is -2.07. The number of hydrogen-bond donors (Lipinski definition) is 0. The van der Waals surface area contributed by atoms with Crippen LogP contribution in [0.2, 0.25) is 0 Å². The van der Waals surface area contributed by atoms with Gasteiger partial charge in [-0.1, -0.05) is 24.3 Å². The molecule has 2 heterocycles. The lowest BCUT2D eigenvalue weighted by Crippen LogP contribution is -2.03. The third-order valence-electron chi connectivity index (χ3n) is 4.45. The number of ether oxygens (including phenoxy) is 1. The Bertz CT molecular complexity index is 1170. The summed E-state index contributed by atoms with van der Waals surface area (Å²) in [6.07, 6.45) is 7.09. The molecule has 0 N–H and O–H groups in total. The van der Waals surface area contributed by atoms with Gasteiger partial charge in [0.25, 0.3) is 0 Å². The number of methoxy groups -OCH3 is 1. The Morgan fingerprint density at radius 3 is 2.57 bits per heavy atom. The number of nitrogens with zero attached hydrogens (tertiary/aromatic N) is 3. The van der Waals surface area contributed by atoms with Gasteiger partial charge in [-0.3, -0.25) is 4.57 Å². The quantitative estimate of drug-likeness (QED) is 0.370. The zero-order valence-corrected chi connectivity index (χ0v) is 16.0. The molecule has 4 aromatic rings. The summed E-state index contributed by atoms with van der Waals surface area (Å²) in [7, 11) is 1.35. The summed E-state index contributed by atoms with van der Waals surface area (Å²) in [6.45, 7) is 0. The molecule has 0 bridgehead atoms. The summed E-state index contributed by atoms with van der Waals surface area (Å²) in [6, 6.07) is 11.9. The molecule has 140 valence electrons. The van der Waals surface area contributed by atoms with E-state index in [9.17, 15) is 9.18 Å². The molecule has 0 aliphatic rings. The number of fused-ring (bicyclic) bond motifs is 1. The van der Waals surface area contributed by atoms with Crippen LogP contribution in [0.15, 0.2) is 66.0 Å². The molecule has 2 aromatic carbocycles. The van der Waals surface area contributed by atoms with Gasteiger partial charge >= 0.3 is 5.97 Å². The fourth-order valence-electron chi connectivity index (χ4n) is 3.05. The molecule has 0 atom stereocenters. The summed E-state index contributed by atoms with van der Waals surface area (Å²) in [5.41, 5.74) is 2.29. The van der Waals surface area contributed by atoms with Crippen molar-refractivity contribution in [1.82, 2.24) is 14.5 Å². The van der Waals surface area contributed by atoms with Crippen molar-refractivity contribution in [3.63, 3.8) is 0 Å². The maximum Gasteiger partial charge on any atom is 0.337 e. The number of thioether (sulfide) groups is 1. The average Bonchev–Trinajstić information content (AvgIpc) is 3.11. The van der Waals surface area contributed by atoms with Gasteiger partial charge in [-0.15, -0.1) is 11.8 Å². The molecule has 0 saturated carbocycles. The lowest BCUT2D eigenvalue weighted by atomic mass is 10.1. The summed E-state index contributed by atoms with van der Waals surface area (Å²) in [5, 5.41) is 0.988. The third kappa shape index (κ3) is 3.14. The molecule has 5 nitrogen and oxygen atoms in total. The minimum Gasteiger partial charge on any atom is -0.465 e. The van der Waals surface area contributed by atoms with E-state index in [-0.39, 0.29) is 5.82 Å². The van der Waals surface area contributed by atoms with Crippen molar-refractivity contribution in [1.29, 1.82) is 0 Å². The van der Waals surface area contributed by atoms with Crippen molar-refractivity contribution in [2.45, 2.75) is 4.90 Å². The first-order valence-electron chi connectivity index (χ1n) is 8.47. The van der Waals surface area contributed by atoms with E-state index in [4.69, 9.17) is 4.74 Å². The Kier molecular flexibility index (Phi) is 4.83. The molecule has 0 radical (unpaired) electrons. The number of halogens is 1. The van der Waals surface area contributed by atoms with Gasteiger partial charge in [-0.05, 0) is 24.5 Å². The Morgan fingerprint density at radius 1 is 1.14 bits per heavy atom. The number of aromatic nitrogens is 3. The minimum atomic E-state index is -0.406. The number of hydrogen-bond acceptors (Lipinski definition) is 5. The third-order valence-corrected chi connectivity index (χ3v) is 5.21. The van der Waals surface area contributed by atoms with Crippen molar-refractivity contribution in [3.8, 4) is 17.1 Å². The van der Waals surface area contributed by atoms with Gasteiger partial charge < -0.3 is 4.74 Å². The zero-order chi connectivity index (χ0) is 19.7. The number of rotatable bonds is 4. The molecule has 4 rings (SSSR count). The van der Waals surface area contributed by atoms with Crippen LogP contribution in [-0.2, 0) is 4.74 Å². The zero-order valence-electron chi connectivity index (χ0n) is 15.2. The van der Waals surface area contributed by atoms with Crippen LogP contribution in [0.5, 0.6) is 0 Å². The van der Waals surface area contributed by atoms with Crippen molar-refractivity contribution in [2.75, 3.05) is 13.4 Å². The van der Waals surface area contributed by atoms with Crippen molar-refractivity contribution in [2.24, 2.45) is 0 Å². The predicted molar refractivity (Wildman–Crippen MR) is 107 cm³/mol. The van der Waals surface area contributed by atoms with Crippen LogP contribution in [-0.4, -0.2) is 33.9 Å². The molecule has 0 aliphatic carbocycles. The van der Waals surface area contributed by atoms with E-state index >= 15 is 0 Å². The highest BCUT2D eigenvalue weighted by atomic mass is 32.2. The van der Waals surface area contributed by atoms with Gasteiger partial charge in [0.2, 0.25) is 5.95 Å². The first-order chi connectivity index (χ1) is 13.6. The van der Waals surface area contributed by atoms with Gasteiger partial charge in [0.15, 0.2) is 0 Å². The fourth-order valence-corrected chi connectivity index (χ4v) is 3.65. The Hall–Kier alpha value is -3.19. The number of esters is 1. The van der Waals surface area contributed by atoms with Gasteiger partial charge in [0.05, 0.1) is 18.2 Å². The molecule has 0 saturated heterocycles. The first kappa shape index (κ1) is 18.2. The lowest BCUT2D eigenvalue weighted by molar-refractivity contribution is 0.0601. The van der Waals surface area contributed by atoms with Gasteiger partial charge in [0, 0.05) is 40.0 Å². The second-order valence-corrected chi connectivity index (χ2v) is 6.89. The molecule has 0 unspecified atom stereocenters. The van der Waals surface area contributed by atoms with E-state index in [2.05, 4.69) is 9.97 Å². The second kappa shape index (κ2) is 7.44. The molecule has 7 heteroatoms. The Labute approximate surface area is 165 Å². The highest BCUT2D eigenvalue weighted by Gasteiger charge is 2.15. The van der Waals surface area contributed by atoms with Gasteiger partial charge in [-0.25, -0.2) is 19.2 Å². The molecular weight excluding hydrogens is 377 g/mol. The van der Waals surface area contributed by atoms with Gasteiger partial charge in [0.1, 0.15) is 5.82 Å². The monoisotopic (exact) mass is 393 g/mol. The number of benzene rings is 2. The van der Waals surface area contributed by atoms with E-state index in [0.29, 0.717) is 22.6 Å². The van der Waals surface area contributed by atoms with E-state index in [0.717, 1.165) is 15.8 Å². The Morgan fingerprint density at radius 2 is 1.89 bits per heavy atom. The molecule has 0 fully saturated rings. The number of carbonyl (C=O) groups is 1. The van der Waals surface area contributed by atoms with Crippen LogP contribution in [0.4, 0.5) is 4.39 Å². The smallest absolute Gasteiger partial charge is 0.337 e. The van der Waals surface area contributed by atoms with Crippen molar-refractivity contribution >= 4 is 28.6 Å². The first-order valence-corrected chi connectivity index (χ1v) is 9.69. The van der Waals surface area contributed by atoms with Crippen LogP contribution in [0.25, 0.3) is 28.0 Å². The van der Waals surface area contributed by atoms with Crippen molar-refractivity contribution < 1.29 is 13.9 Å². The molecule has 0 amide bonds. The maximum absolute atomic E-state index is 14.0. The average molecular weight is 393 g/mol. The van der Waals surface area contributed by atoms with Crippen LogP contribution in [0.3, 0.4) is 0 Å².